The first-order valence-corrected chi connectivity index (χ1v) is 8.97. The standard InChI is InChI=1S/C18H19N5O2S/c1-11-9-12(2)23(22-11)16-7-6-14(10-19-16)21-17(24)13(3)20-18(25)15-5-4-8-26-15/h4-10,13H,1-3H3,(H,20,25)(H,21,24). The molecule has 2 amide bonds. The van der Waals surface area contributed by atoms with Crippen molar-refractivity contribution >= 4 is 28.8 Å². The zero-order valence-corrected chi connectivity index (χ0v) is 15.5. The fourth-order valence-corrected chi connectivity index (χ4v) is 3.06. The summed E-state index contributed by atoms with van der Waals surface area (Å²) < 4.78 is 1.74. The van der Waals surface area contributed by atoms with E-state index < -0.39 is 6.04 Å². The summed E-state index contributed by atoms with van der Waals surface area (Å²) in [5.41, 5.74) is 2.45. The molecule has 3 aromatic rings. The first-order chi connectivity index (χ1) is 12.4. The second-order valence-corrected chi connectivity index (χ2v) is 6.85. The molecule has 0 saturated heterocycles. The molecular formula is C18H19N5O2S. The molecule has 3 heterocycles. The molecule has 8 heteroatoms. The average molecular weight is 369 g/mol. The third-order valence-electron chi connectivity index (χ3n) is 3.73. The Morgan fingerprint density at radius 2 is 2.04 bits per heavy atom. The van der Waals surface area contributed by atoms with E-state index >= 15 is 0 Å². The molecule has 3 aromatic heterocycles. The molecule has 0 spiro atoms. The van der Waals surface area contributed by atoms with Gasteiger partial charge in [-0.15, -0.1) is 11.3 Å². The second-order valence-electron chi connectivity index (χ2n) is 5.91. The summed E-state index contributed by atoms with van der Waals surface area (Å²) in [5.74, 6) is 0.101. The summed E-state index contributed by atoms with van der Waals surface area (Å²) >= 11 is 1.33. The fourth-order valence-electron chi connectivity index (χ4n) is 2.44. The molecule has 0 aromatic carbocycles. The maximum absolute atomic E-state index is 12.3. The molecule has 3 rings (SSSR count). The molecule has 1 atom stereocenters. The Kier molecular flexibility index (Phi) is 5.13. The van der Waals surface area contributed by atoms with Gasteiger partial charge in [-0.25, -0.2) is 9.67 Å². The van der Waals surface area contributed by atoms with Gasteiger partial charge in [-0.05, 0) is 50.4 Å². The number of thiophene rings is 1. The van der Waals surface area contributed by atoms with Gasteiger partial charge in [-0.3, -0.25) is 9.59 Å². The average Bonchev–Trinajstić information content (AvgIpc) is 3.25. The third-order valence-corrected chi connectivity index (χ3v) is 4.60. The predicted octanol–water partition coefficient (Wildman–Crippen LogP) is 2.70. The van der Waals surface area contributed by atoms with Crippen LogP contribution in [-0.4, -0.2) is 32.6 Å². The normalized spacial score (nSPS) is 11.8. The van der Waals surface area contributed by atoms with Crippen LogP contribution in [0.5, 0.6) is 0 Å². The minimum atomic E-state index is -0.666. The number of aryl methyl sites for hydroxylation is 2. The Morgan fingerprint density at radius 1 is 1.23 bits per heavy atom. The van der Waals surface area contributed by atoms with Crippen LogP contribution in [0.3, 0.4) is 0 Å². The van der Waals surface area contributed by atoms with Crippen molar-refractivity contribution in [1.29, 1.82) is 0 Å². The molecule has 0 radical (unpaired) electrons. The Hall–Kier alpha value is -3.00. The van der Waals surface area contributed by atoms with Gasteiger partial charge in [0.05, 0.1) is 22.5 Å². The molecular weight excluding hydrogens is 350 g/mol. The van der Waals surface area contributed by atoms with Crippen LogP contribution >= 0.6 is 11.3 Å². The number of pyridine rings is 1. The van der Waals surface area contributed by atoms with Crippen LogP contribution in [0.25, 0.3) is 5.82 Å². The number of hydrogen-bond donors (Lipinski definition) is 2. The summed E-state index contributed by atoms with van der Waals surface area (Å²) in [6, 6.07) is 8.34. The SMILES string of the molecule is Cc1cc(C)n(-c2ccc(NC(=O)C(C)NC(=O)c3cccs3)cn2)n1. The van der Waals surface area contributed by atoms with Crippen LogP contribution in [0.1, 0.15) is 28.0 Å². The van der Waals surface area contributed by atoms with Gasteiger partial charge in [0.15, 0.2) is 5.82 Å². The van der Waals surface area contributed by atoms with Crippen LogP contribution in [0.15, 0.2) is 41.9 Å². The lowest BCUT2D eigenvalue weighted by molar-refractivity contribution is -0.117. The zero-order chi connectivity index (χ0) is 18.7. The van der Waals surface area contributed by atoms with E-state index in [2.05, 4.69) is 20.7 Å². The van der Waals surface area contributed by atoms with Crippen molar-refractivity contribution in [3.63, 3.8) is 0 Å². The predicted molar refractivity (Wildman–Crippen MR) is 101 cm³/mol. The third kappa shape index (κ3) is 3.97. The number of hydrogen-bond acceptors (Lipinski definition) is 5. The van der Waals surface area contributed by atoms with Gasteiger partial charge >= 0.3 is 0 Å². The molecule has 1 unspecified atom stereocenters. The number of nitrogens with one attached hydrogen (secondary N) is 2. The molecule has 2 N–H and O–H groups in total. The van der Waals surface area contributed by atoms with Crippen LogP contribution in [0.4, 0.5) is 5.69 Å². The highest BCUT2D eigenvalue weighted by Crippen LogP contribution is 2.13. The van der Waals surface area contributed by atoms with Crippen molar-refractivity contribution in [2.75, 3.05) is 5.32 Å². The minimum Gasteiger partial charge on any atom is -0.340 e. The van der Waals surface area contributed by atoms with E-state index in [1.54, 1.807) is 42.1 Å². The van der Waals surface area contributed by atoms with E-state index in [-0.39, 0.29) is 11.8 Å². The number of aromatic nitrogens is 3. The minimum absolute atomic E-state index is 0.263. The highest BCUT2D eigenvalue weighted by atomic mass is 32.1. The number of anilines is 1. The van der Waals surface area contributed by atoms with Crippen LogP contribution in [-0.2, 0) is 4.79 Å². The van der Waals surface area contributed by atoms with Gasteiger partial charge < -0.3 is 10.6 Å². The van der Waals surface area contributed by atoms with Crippen molar-refractivity contribution < 1.29 is 9.59 Å². The summed E-state index contributed by atoms with van der Waals surface area (Å²) in [6.07, 6.45) is 1.57. The van der Waals surface area contributed by atoms with Gasteiger partial charge in [-0.2, -0.15) is 5.10 Å². The summed E-state index contributed by atoms with van der Waals surface area (Å²) in [6.45, 7) is 5.51. The fraction of sp³-hybridized carbons (Fsp3) is 0.222. The summed E-state index contributed by atoms with van der Waals surface area (Å²) in [4.78, 5) is 29.2. The molecule has 0 saturated carbocycles. The van der Waals surface area contributed by atoms with Gasteiger partial charge in [0.2, 0.25) is 5.91 Å². The van der Waals surface area contributed by atoms with Gasteiger partial charge in [-0.1, -0.05) is 6.07 Å². The van der Waals surface area contributed by atoms with Gasteiger partial charge in [0.25, 0.3) is 5.91 Å². The van der Waals surface area contributed by atoms with Gasteiger partial charge in [0.1, 0.15) is 6.04 Å². The first-order valence-electron chi connectivity index (χ1n) is 8.09. The Morgan fingerprint density at radius 3 is 2.62 bits per heavy atom. The Bertz CT molecular complexity index is 916. The lowest BCUT2D eigenvalue weighted by atomic mass is 10.3. The zero-order valence-electron chi connectivity index (χ0n) is 14.7. The maximum atomic E-state index is 12.3. The number of carbonyl (C=O) groups is 2. The van der Waals surface area contributed by atoms with Crippen LogP contribution in [0.2, 0.25) is 0 Å². The molecule has 0 aliphatic carbocycles. The summed E-state index contributed by atoms with van der Waals surface area (Å²) in [7, 11) is 0. The van der Waals surface area contributed by atoms with Crippen molar-refractivity contribution in [3.05, 3.63) is 58.2 Å². The van der Waals surface area contributed by atoms with E-state index in [1.807, 2.05) is 25.3 Å². The first kappa shape index (κ1) is 17.8. The number of nitrogens with zero attached hydrogens (tertiary/aromatic N) is 3. The topological polar surface area (TPSA) is 88.9 Å². The van der Waals surface area contributed by atoms with E-state index in [1.165, 1.54) is 11.3 Å². The van der Waals surface area contributed by atoms with E-state index in [4.69, 9.17) is 0 Å². The lowest BCUT2D eigenvalue weighted by Crippen LogP contribution is -2.41. The van der Waals surface area contributed by atoms with Crippen LogP contribution in [0, 0.1) is 13.8 Å². The number of rotatable bonds is 5. The molecule has 0 bridgehead atoms. The van der Waals surface area contributed by atoms with Crippen molar-refractivity contribution in [2.24, 2.45) is 0 Å². The molecule has 7 nitrogen and oxygen atoms in total. The quantitative estimate of drug-likeness (QED) is 0.724. The monoisotopic (exact) mass is 369 g/mol. The highest BCUT2D eigenvalue weighted by Gasteiger charge is 2.17. The van der Waals surface area contributed by atoms with Gasteiger partial charge in [0, 0.05) is 5.69 Å². The van der Waals surface area contributed by atoms with Crippen LogP contribution < -0.4 is 10.6 Å². The lowest BCUT2D eigenvalue weighted by Gasteiger charge is -2.13. The molecule has 0 aliphatic heterocycles. The Labute approximate surface area is 155 Å². The molecule has 0 fully saturated rings. The number of carbonyl (C=O) groups excluding carboxylic acids is 2. The highest BCUT2D eigenvalue weighted by molar-refractivity contribution is 7.12. The van der Waals surface area contributed by atoms with E-state index in [0.717, 1.165) is 11.4 Å². The number of amides is 2. The van der Waals surface area contributed by atoms with Crippen molar-refractivity contribution in [1.82, 2.24) is 20.1 Å². The Balaban J connectivity index is 1.62. The molecule has 134 valence electrons. The van der Waals surface area contributed by atoms with E-state index in [0.29, 0.717) is 16.4 Å². The maximum Gasteiger partial charge on any atom is 0.261 e. The molecule has 26 heavy (non-hydrogen) atoms. The molecule has 0 aliphatic rings. The van der Waals surface area contributed by atoms with Crippen molar-refractivity contribution in [3.8, 4) is 5.82 Å². The van der Waals surface area contributed by atoms with Crippen molar-refractivity contribution in [2.45, 2.75) is 26.8 Å². The second kappa shape index (κ2) is 7.49. The largest absolute Gasteiger partial charge is 0.340 e. The smallest absolute Gasteiger partial charge is 0.261 e. The van der Waals surface area contributed by atoms with E-state index in [9.17, 15) is 9.59 Å². The summed E-state index contributed by atoms with van der Waals surface area (Å²) in [5, 5.41) is 11.6.